The Bertz CT molecular complexity index is 1020. The largest absolute Gasteiger partial charge is 0.489 e. The van der Waals surface area contributed by atoms with Crippen molar-refractivity contribution >= 4 is 11.6 Å². The molecule has 0 fully saturated rings. The molecule has 2 heterocycles. The van der Waals surface area contributed by atoms with E-state index in [1.165, 1.54) is 0 Å². The van der Waals surface area contributed by atoms with Crippen molar-refractivity contribution < 1.29 is 23.7 Å². The Labute approximate surface area is 186 Å². The third kappa shape index (κ3) is 5.39. The average molecular weight is 437 g/mol. The summed E-state index contributed by atoms with van der Waals surface area (Å²) in [5, 5.41) is 9.71. The van der Waals surface area contributed by atoms with Crippen molar-refractivity contribution in [1.29, 1.82) is 0 Å². The van der Waals surface area contributed by atoms with Gasteiger partial charge in [0.15, 0.2) is 11.5 Å². The highest BCUT2D eigenvalue weighted by molar-refractivity contribution is 5.96. The van der Waals surface area contributed by atoms with E-state index in [2.05, 4.69) is 22.4 Å². The van der Waals surface area contributed by atoms with Gasteiger partial charge < -0.3 is 24.3 Å². The highest BCUT2D eigenvalue weighted by atomic mass is 16.6. The third-order valence-electron chi connectivity index (χ3n) is 5.00. The van der Waals surface area contributed by atoms with Crippen LogP contribution in [0.2, 0.25) is 0 Å². The molecule has 8 nitrogen and oxygen atoms in total. The second-order valence-corrected chi connectivity index (χ2v) is 7.37. The van der Waals surface area contributed by atoms with Gasteiger partial charge in [0.2, 0.25) is 6.10 Å². The zero-order valence-electron chi connectivity index (χ0n) is 18.0. The third-order valence-corrected chi connectivity index (χ3v) is 5.00. The zero-order valence-corrected chi connectivity index (χ0v) is 18.0. The molecule has 0 saturated heterocycles. The summed E-state index contributed by atoms with van der Waals surface area (Å²) < 4.78 is 23.0. The fourth-order valence-corrected chi connectivity index (χ4v) is 3.25. The summed E-state index contributed by atoms with van der Waals surface area (Å²) in [5.41, 5.74) is 2.40. The van der Waals surface area contributed by atoms with Crippen molar-refractivity contribution in [1.82, 2.24) is 10.2 Å². The number of aromatic amines is 1. The number of anilines is 1. The fraction of sp³-hybridized carbons (Fsp3) is 0.333. The molecule has 0 bridgehead atoms. The number of ether oxygens (including phenoxy) is 4. The zero-order chi connectivity index (χ0) is 22.2. The monoisotopic (exact) mass is 437 g/mol. The molecule has 3 aromatic rings. The van der Waals surface area contributed by atoms with Crippen LogP contribution < -0.4 is 19.5 Å². The van der Waals surface area contributed by atoms with Crippen LogP contribution in [0, 0.1) is 0 Å². The van der Waals surface area contributed by atoms with Gasteiger partial charge in [-0.3, -0.25) is 9.89 Å². The second-order valence-electron chi connectivity index (χ2n) is 7.37. The Kier molecular flexibility index (Phi) is 7.24. The SMILES string of the molecule is CCCCOCCOc1cc(-c2cn[nH]c2)ccc1NC(=O)C1COc2ccccc2O1. The van der Waals surface area contributed by atoms with Gasteiger partial charge in [0.25, 0.3) is 5.91 Å². The number of para-hydroxylation sites is 2. The van der Waals surface area contributed by atoms with Gasteiger partial charge in [0.1, 0.15) is 19.0 Å². The number of nitrogens with one attached hydrogen (secondary N) is 2. The Morgan fingerprint density at radius 1 is 1.16 bits per heavy atom. The quantitative estimate of drug-likeness (QED) is 0.465. The van der Waals surface area contributed by atoms with Crippen LogP contribution in [0.1, 0.15) is 19.8 Å². The second kappa shape index (κ2) is 10.7. The van der Waals surface area contributed by atoms with E-state index in [-0.39, 0.29) is 12.5 Å². The number of hydrogen-bond donors (Lipinski definition) is 2. The van der Waals surface area contributed by atoms with Crippen LogP contribution >= 0.6 is 0 Å². The van der Waals surface area contributed by atoms with Gasteiger partial charge in [0.05, 0.1) is 18.5 Å². The molecular formula is C24H27N3O5. The van der Waals surface area contributed by atoms with E-state index in [1.54, 1.807) is 18.5 Å². The van der Waals surface area contributed by atoms with Gasteiger partial charge in [-0.1, -0.05) is 31.5 Å². The molecule has 1 unspecified atom stereocenters. The number of carbonyl (C=O) groups is 1. The highest BCUT2D eigenvalue weighted by Gasteiger charge is 2.28. The number of nitrogens with zero attached hydrogens (tertiary/aromatic N) is 1. The van der Waals surface area contributed by atoms with Crippen molar-refractivity contribution in [3.63, 3.8) is 0 Å². The summed E-state index contributed by atoms with van der Waals surface area (Å²) in [5.74, 6) is 1.43. The van der Waals surface area contributed by atoms with Gasteiger partial charge in [-0.15, -0.1) is 0 Å². The standard InChI is InChI=1S/C24H27N3O5/c1-2-3-10-29-11-12-30-22-13-17(18-14-25-26-15-18)8-9-19(22)27-24(28)23-16-31-20-6-4-5-7-21(20)32-23/h4-9,13-15,23H,2-3,10-12,16H2,1H3,(H,25,26)(H,27,28). The van der Waals surface area contributed by atoms with Gasteiger partial charge in [0, 0.05) is 18.4 Å². The highest BCUT2D eigenvalue weighted by Crippen LogP contribution is 2.33. The summed E-state index contributed by atoms with van der Waals surface area (Å²) in [6, 6.07) is 12.9. The van der Waals surface area contributed by atoms with Gasteiger partial charge in [-0.05, 0) is 36.2 Å². The number of rotatable bonds is 10. The Morgan fingerprint density at radius 3 is 2.84 bits per heavy atom. The molecule has 0 saturated carbocycles. The topological polar surface area (TPSA) is 94.7 Å². The molecule has 0 radical (unpaired) electrons. The van der Waals surface area contributed by atoms with Gasteiger partial charge in [-0.2, -0.15) is 5.10 Å². The molecule has 8 heteroatoms. The number of fused-ring (bicyclic) bond motifs is 1. The number of benzene rings is 2. The molecule has 2 aromatic carbocycles. The lowest BCUT2D eigenvalue weighted by Crippen LogP contribution is -2.40. The first-order valence-corrected chi connectivity index (χ1v) is 10.8. The van der Waals surface area contributed by atoms with Crippen LogP contribution in [-0.2, 0) is 9.53 Å². The minimum Gasteiger partial charge on any atom is -0.489 e. The van der Waals surface area contributed by atoms with Gasteiger partial charge in [-0.25, -0.2) is 0 Å². The normalized spacial score (nSPS) is 14.7. The van der Waals surface area contributed by atoms with Crippen LogP contribution in [0.15, 0.2) is 54.9 Å². The molecule has 1 atom stereocenters. The van der Waals surface area contributed by atoms with E-state index >= 15 is 0 Å². The Morgan fingerprint density at radius 2 is 2.03 bits per heavy atom. The number of carbonyl (C=O) groups excluding carboxylic acids is 1. The molecule has 1 amide bonds. The number of amides is 1. The van der Waals surface area contributed by atoms with Crippen LogP contribution in [-0.4, -0.2) is 48.6 Å². The first-order chi connectivity index (χ1) is 15.7. The van der Waals surface area contributed by atoms with Gasteiger partial charge >= 0.3 is 0 Å². The number of unbranched alkanes of at least 4 members (excludes halogenated alkanes) is 1. The molecule has 168 valence electrons. The number of aromatic nitrogens is 2. The lowest BCUT2D eigenvalue weighted by molar-refractivity contribution is -0.125. The van der Waals surface area contributed by atoms with E-state index < -0.39 is 6.10 Å². The summed E-state index contributed by atoms with van der Waals surface area (Å²) in [6.45, 7) is 3.81. The molecule has 1 aromatic heterocycles. The summed E-state index contributed by atoms with van der Waals surface area (Å²) in [6.07, 6.45) is 4.88. The molecule has 32 heavy (non-hydrogen) atoms. The van der Waals surface area contributed by atoms with E-state index in [9.17, 15) is 4.79 Å². The summed E-state index contributed by atoms with van der Waals surface area (Å²) >= 11 is 0. The maximum atomic E-state index is 12.9. The molecule has 4 rings (SSSR count). The molecule has 0 spiro atoms. The molecule has 2 N–H and O–H groups in total. The maximum absolute atomic E-state index is 12.9. The Balaban J connectivity index is 1.44. The maximum Gasteiger partial charge on any atom is 0.269 e. The number of hydrogen-bond acceptors (Lipinski definition) is 6. The van der Waals surface area contributed by atoms with E-state index in [4.69, 9.17) is 18.9 Å². The predicted molar refractivity (Wildman–Crippen MR) is 120 cm³/mol. The molecule has 1 aliphatic rings. The smallest absolute Gasteiger partial charge is 0.269 e. The lowest BCUT2D eigenvalue weighted by Gasteiger charge is -2.26. The fourth-order valence-electron chi connectivity index (χ4n) is 3.25. The predicted octanol–water partition coefficient (Wildman–Crippen LogP) is 4.05. The summed E-state index contributed by atoms with van der Waals surface area (Å²) in [7, 11) is 0. The van der Waals surface area contributed by atoms with E-state index in [0.29, 0.717) is 42.8 Å². The minimum absolute atomic E-state index is 0.136. The first kappa shape index (κ1) is 21.7. The molecule has 0 aliphatic carbocycles. The van der Waals surface area contributed by atoms with E-state index in [1.807, 2.05) is 36.4 Å². The number of H-pyrrole nitrogens is 1. The lowest BCUT2D eigenvalue weighted by atomic mass is 10.1. The van der Waals surface area contributed by atoms with Crippen LogP contribution in [0.5, 0.6) is 17.2 Å². The minimum atomic E-state index is -0.760. The Hall–Kier alpha value is -3.52. The van der Waals surface area contributed by atoms with Crippen molar-refractivity contribution in [3.8, 4) is 28.4 Å². The molecular weight excluding hydrogens is 410 g/mol. The van der Waals surface area contributed by atoms with Crippen molar-refractivity contribution in [3.05, 3.63) is 54.9 Å². The average Bonchev–Trinajstić information content (AvgIpc) is 3.37. The van der Waals surface area contributed by atoms with Crippen LogP contribution in [0.4, 0.5) is 5.69 Å². The van der Waals surface area contributed by atoms with Crippen LogP contribution in [0.3, 0.4) is 0 Å². The van der Waals surface area contributed by atoms with Crippen molar-refractivity contribution in [2.75, 3.05) is 31.7 Å². The van der Waals surface area contributed by atoms with Crippen molar-refractivity contribution in [2.45, 2.75) is 25.9 Å². The summed E-state index contributed by atoms with van der Waals surface area (Å²) in [4.78, 5) is 12.9. The van der Waals surface area contributed by atoms with Crippen LogP contribution in [0.25, 0.3) is 11.1 Å². The molecule has 1 aliphatic heterocycles. The van der Waals surface area contributed by atoms with Crippen molar-refractivity contribution in [2.24, 2.45) is 0 Å². The van der Waals surface area contributed by atoms with E-state index in [0.717, 1.165) is 24.0 Å². The first-order valence-electron chi connectivity index (χ1n) is 10.8.